The highest BCUT2D eigenvalue weighted by Crippen LogP contribution is 2.40. The number of nitrogens with zero attached hydrogens (tertiary/aromatic N) is 2. The van der Waals surface area contributed by atoms with Crippen LogP contribution in [0.25, 0.3) is 0 Å². The molecule has 0 aromatic heterocycles. The van der Waals surface area contributed by atoms with Crippen LogP contribution in [0.1, 0.15) is 49.8 Å². The molecule has 2 fully saturated rings. The Morgan fingerprint density at radius 3 is 2.63 bits per heavy atom. The van der Waals surface area contributed by atoms with E-state index in [0.717, 1.165) is 18.4 Å². The number of hydrogen-bond acceptors (Lipinski definition) is 3. The van der Waals surface area contributed by atoms with Crippen LogP contribution < -0.4 is 5.73 Å². The molecule has 100 valence electrons. The minimum atomic E-state index is 0.381. The quantitative estimate of drug-likeness (QED) is 0.883. The summed E-state index contributed by atoms with van der Waals surface area (Å²) in [6, 6.07) is 12.3. The van der Waals surface area contributed by atoms with Gasteiger partial charge in [-0.05, 0) is 50.3 Å². The molecule has 0 aliphatic carbocycles. The maximum atomic E-state index is 9.03. The fraction of sp³-hybridized carbons (Fsp3) is 0.562. The number of piperidine rings is 1. The summed E-state index contributed by atoms with van der Waals surface area (Å²) >= 11 is 0. The van der Waals surface area contributed by atoms with Crippen molar-refractivity contribution in [1.82, 2.24) is 4.90 Å². The zero-order valence-electron chi connectivity index (χ0n) is 11.4. The molecule has 2 aliphatic heterocycles. The summed E-state index contributed by atoms with van der Waals surface area (Å²) in [4.78, 5) is 2.64. The molecular formula is C16H21N3. The fourth-order valence-corrected chi connectivity index (χ4v) is 3.93. The molecule has 2 heterocycles. The third kappa shape index (κ3) is 2.27. The van der Waals surface area contributed by atoms with E-state index in [0.29, 0.717) is 24.2 Å². The maximum absolute atomic E-state index is 9.03. The first kappa shape index (κ1) is 12.7. The summed E-state index contributed by atoms with van der Waals surface area (Å²) in [6.45, 7) is 2.26. The zero-order valence-corrected chi connectivity index (χ0v) is 11.4. The molecule has 2 N–H and O–H groups in total. The van der Waals surface area contributed by atoms with Crippen LogP contribution in [0, 0.1) is 11.3 Å². The monoisotopic (exact) mass is 255 g/mol. The maximum Gasteiger partial charge on any atom is 0.0991 e. The summed E-state index contributed by atoms with van der Waals surface area (Å²) in [5.74, 6) is 0. The van der Waals surface area contributed by atoms with Crippen molar-refractivity contribution in [1.29, 1.82) is 5.26 Å². The highest BCUT2D eigenvalue weighted by molar-refractivity contribution is 5.34. The topological polar surface area (TPSA) is 53.0 Å². The van der Waals surface area contributed by atoms with E-state index in [1.807, 2.05) is 18.2 Å². The highest BCUT2D eigenvalue weighted by atomic mass is 15.2. The minimum absolute atomic E-state index is 0.381. The smallest absolute Gasteiger partial charge is 0.0991 e. The second-order valence-corrected chi connectivity index (χ2v) is 5.98. The predicted octanol–water partition coefficient (Wildman–Crippen LogP) is 2.57. The number of hydrogen-bond donors (Lipinski definition) is 1. The van der Waals surface area contributed by atoms with E-state index < -0.39 is 0 Å². The average Bonchev–Trinajstić information content (AvgIpc) is 2.70. The molecule has 2 aliphatic rings. The van der Waals surface area contributed by atoms with Crippen LogP contribution in [0.2, 0.25) is 0 Å². The molecule has 0 spiro atoms. The van der Waals surface area contributed by atoms with Gasteiger partial charge in [0.05, 0.1) is 11.6 Å². The molecule has 3 rings (SSSR count). The van der Waals surface area contributed by atoms with Crippen LogP contribution in [-0.2, 0) is 0 Å². The van der Waals surface area contributed by atoms with Crippen molar-refractivity contribution in [3.05, 3.63) is 35.4 Å². The van der Waals surface area contributed by atoms with Crippen molar-refractivity contribution < 1.29 is 0 Å². The van der Waals surface area contributed by atoms with E-state index in [1.54, 1.807) is 0 Å². The SMILES string of the molecule is CC(c1cccc(C#N)c1)N1C2CCC1CC(N)C2. The Morgan fingerprint density at radius 2 is 2.00 bits per heavy atom. The second-order valence-electron chi connectivity index (χ2n) is 5.98. The molecular weight excluding hydrogens is 234 g/mol. The Kier molecular flexibility index (Phi) is 3.30. The van der Waals surface area contributed by atoms with E-state index in [-0.39, 0.29) is 0 Å². The predicted molar refractivity (Wildman–Crippen MR) is 75.4 cm³/mol. The van der Waals surface area contributed by atoms with Crippen molar-refractivity contribution in [3.8, 4) is 6.07 Å². The van der Waals surface area contributed by atoms with Gasteiger partial charge in [0, 0.05) is 24.2 Å². The van der Waals surface area contributed by atoms with Gasteiger partial charge in [-0.3, -0.25) is 4.90 Å². The third-order valence-electron chi connectivity index (χ3n) is 4.77. The van der Waals surface area contributed by atoms with Gasteiger partial charge in [-0.1, -0.05) is 12.1 Å². The summed E-state index contributed by atoms with van der Waals surface area (Å²) in [5, 5.41) is 9.03. The number of nitrogens with two attached hydrogens (primary N) is 1. The van der Waals surface area contributed by atoms with Crippen molar-refractivity contribution >= 4 is 0 Å². The van der Waals surface area contributed by atoms with Crippen LogP contribution in [0.15, 0.2) is 24.3 Å². The van der Waals surface area contributed by atoms with Gasteiger partial charge in [-0.25, -0.2) is 0 Å². The Labute approximate surface area is 115 Å². The van der Waals surface area contributed by atoms with Crippen LogP contribution in [0.3, 0.4) is 0 Å². The van der Waals surface area contributed by atoms with E-state index in [9.17, 15) is 0 Å². The molecule has 0 saturated carbocycles. The van der Waals surface area contributed by atoms with Gasteiger partial charge >= 0.3 is 0 Å². The van der Waals surface area contributed by atoms with E-state index >= 15 is 0 Å². The molecule has 2 saturated heterocycles. The molecule has 3 nitrogen and oxygen atoms in total. The van der Waals surface area contributed by atoms with Gasteiger partial charge in [-0.15, -0.1) is 0 Å². The molecule has 19 heavy (non-hydrogen) atoms. The Hall–Kier alpha value is -1.37. The van der Waals surface area contributed by atoms with Gasteiger partial charge in [0.15, 0.2) is 0 Å². The van der Waals surface area contributed by atoms with Crippen molar-refractivity contribution in [3.63, 3.8) is 0 Å². The first-order valence-corrected chi connectivity index (χ1v) is 7.22. The molecule has 3 atom stereocenters. The van der Waals surface area contributed by atoms with Gasteiger partial charge in [0.2, 0.25) is 0 Å². The molecule has 1 aromatic rings. The van der Waals surface area contributed by atoms with Crippen LogP contribution in [-0.4, -0.2) is 23.0 Å². The first-order valence-electron chi connectivity index (χ1n) is 7.22. The first-order chi connectivity index (χ1) is 9.19. The number of fused-ring (bicyclic) bond motifs is 2. The van der Waals surface area contributed by atoms with Gasteiger partial charge in [-0.2, -0.15) is 5.26 Å². The summed E-state index contributed by atoms with van der Waals surface area (Å²) in [5.41, 5.74) is 8.14. The molecule has 0 radical (unpaired) electrons. The lowest BCUT2D eigenvalue weighted by Gasteiger charge is -2.41. The zero-order chi connectivity index (χ0) is 13.4. The number of nitriles is 1. The van der Waals surface area contributed by atoms with Gasteiger partial charge < -0.3 is 5.73 Å². The van der Waals surface area contributed by atoms with Crippen molar-refractivity contribution in [2.24, 2.45) is 5.73 Å². The van der Waals surface area contributed by atoms with Gasteiger partial charge in [0.1, 0.15) is 0 Å². The Morgan fingerprint density at radius 1 is 1.32 bits per heavy atom. The summed E-state index contributed by atoms with van der Waals surface area (Å²) < 4.78 is 0. The fourth-order valence-electron chi connectivity index (χ4n) is 3.93. The lowest BCUT2D eigenvalue weighted by Crippen LogP contribution is -2.48. The molecule has 2 bridgehead atoms. The number of benzene rings is 1. The normalized spacial score (nSPS) is 31.9. The van der Waals surface area contributed by atoms with E-state index in [4.69, 9.17) is 11.0 Å². The van der Waals surface area contributed by atoms with Crippen LogP contribution in [0.5, 0.6) is 0 Å². The summed E-state index contributed by atoms with van der Waals surface area (Å²) in [6.07, 6.45) is 4.80. The van der Waals surface area contributed by atoms with Crippen LogP contribution >= 0.6 is 0 Å². The Bertz CT molecular complexity index is 491. The van der Waals surface area contributed by atoms with E-state index in [2.05, 4.69) is 24.0 Å². The molecule has 3 unspecified atom stereocenters. The third-order valence-corrected chi connectivity index (χ3v) is 4.77. The lowest BCUT2D eigenvalue weighted by molar-refractivity contribution is 0.0854. The van der Waals surface area contributed by atoms with Crippen LogP contribution in [0.4, 0.5) is 0 Å². The van der Waals surface area contributed by atoms with Crippen molar-refractivity contribution in [2.45, 2.75) is 56.8 Å². The minimum Gasteiger partial charge on any atom is -0.328 e. The number of rotatable bonds is 2. The Balaban J connectivity index is 1.84. The van der Waals surface area contributed by atoms with Crippen molar-refractivity contribution in [2.75, 3.05) is 0 Å². The molecule has 0 amide bonds. The van der Waals surface area contributed by atoms with Gasteiger partial charge in [0.25, 0.3) is 0 Å². The summed E-state index contributed by atoms with van der Waals surface area (Å²) in [7, 11) is 0. The second kappa shape index (κ2) is 4.96. The van der Waals surface area contributed by atoms with E-state index in [1.165, 1.54) is 18.4 Å². The molecule has 3 heteroatoms. The highest BCUT2D eigenvalue weighted by Gasteiger charge is 2.41. The largest absolute Gasteiger partial charge is 0.328 e. The standard InChI is InChI=1S/C16H21N3/c1-11(13-4-2-3-12(7-13)10-17)19-15-5-6-16(19)9-14(18)8-15/h2-4,7,11,14-16H,5-6,8-9,18H2,1H3. The average molecular weight is 255 g/mol. The lowest BCUT2D eigenvalue weighted by atomic mass is 9.94. The molecule has 1 aromatic carbocycles.